The Morgan fingerprint density at radius 3 is 2.79 bits per heavy atom. The highest BCUT2D eigenvalue weighted by Crippen LogP contribution is 2.23. The number of fused-ring (bicyclic) bond motifs is 1. The van der Waals surface area contributed by atoms with Crippen LogP contribution in [0.4, 0.5) is 5.69 Å². The summed E-state index contributed by atoms with van der Waals surface area (Å²) in [6, 6.07) is 13.7. The van der Waals surface area contributed by atoms with E-state index in [1.54, 1.807) is 7.11 Å². The first-order valence-corrected chi connectivity index (χ1v) is 6.13. The number of para-hydroxylation sites is 2. The molecule has 1 aromatic heterocycles. The van der Waals surface area contributed by atoms with Crippen LogP contribution in [0.5, 0.6) is 5.75 Å². The summed E-state index contributed by atoms with van der Waals surface area (Å²) in [5.74, 6) is 1.76. The highest BCUT2D eigenvalue weighted by atomic mass is 16.5. The Morgan fingerprint density at radius 2 is 2.00 bits per heavy atom. The zero-order chi connectivity index (χ0) is 13.2. The van der Waals surface area contributed by atoms with E-state index in [4.69, 9.17) is 10.5 Å². The van der Waals surface area contributed by atoms with Crippen LogP contribution in [0, 0.1) is 0 Å². The highest BCUT2D eigenvalue weighted by Gasteiger charge is 2.08. The minimum Gasteiger partial charge on any atom is -0.496 e. The van der Waals surface area contributed by atoms with Crippen LogP contribution in [0.2, 0.25) is 0 Å². The first kappa shape index (κ1) is 11.6. The normalized spacial score (nSPS) is 10.8. The van der Waals surface area contributed by atoms with Crippen LogP contribution in [0.1, 0.15) is 11.4 Å². The van der Waals surface area contributed by atoms with E-state index in [1.165, 1.54) is 0 Å². The highest BCUT2D eigenvalue weighted by molar-refractivity contribution is 5.86. The number of imidazole rings is 1. The number of nitrogen functional groups attached to an aromatic ring is 1. The van der Waals surface area contributed by atoms with E-state index in [2.05, 4.69) is 9.97 Å². The SMILES string of the molecule is COc1ccccc1Cc1nc2c(N)cccc2[nH]1. The number of rotatable bonds is 3. The van der Waals surface area contributed by atoms with Crippen LogP contribution in [0.15, 0.2) is 42.5 Å². The molecule has 3 aromatic rings. The molecule has 0 atom stereocenters. The molecule has 0 amide bonds. The number of aromatic nitrogens is 2. The topological polar surface area (TPSA) is 63.9 Å². The standard InChI is InChI=1S/C15H15N3O/c1-19-13-8-3-2-5-10(13)9-14-17-12-7-4-6-11(16)15(12)18-14/h2-8H,9,16H2,1H3,(H,17,18). The van der Waals surface area contributed by atoms with Crippen molar-refractivity contribution in [3.05, 3.63) is 53.9 Å². The molecule has 0 fully saturated rings. The second-order valence-electron chi connectivity index (χ2n) is 4.42. The van der Waals surface area contributed by atoms with Crippen molar-refractivity contribution in [1.82, 2.24) is 9.97 Å². The molecule has 0 aliphatic carbocycles. The molecule has 0 aliphatic heterocycles. The Balaban J connectivity index is 1.99. The van der Waals surface area contributed by atoms with Crippen LogP contribution >= 0.6 is 0 Å². The van der Waals surface area contributed by atoms with E-state index in [9.17, 15) is 0 Å². The summed E-state index contributed by atoms with van der Waals surface area (Å²) in [6.45, 7) is 0. The number of anilines is 1. The molecular weight excluding hydrogens is 238 g/mol. The van der Waals surface area contributed by atoms with E-state index in [-0.39, 0.29) is 0 Å². The van der Waals surface area contributed by atoms with E-state index >= 15 is 0 Å². The minimum atomic E-state index is 0.693. The third-order valence-corrected chi connectivity index (χ3v) is 3.14. The number of H-pyrrole nitrogens is 1. The number of nitrogens with two attached hydrogens (primary N) is 1. The lowest BCUT2D eigenvalue weighted by atomic mass is 10.1. The van der Waals surface area contributed by atoms with Gasteiger partial charge in [0.15, 0.2) is 0 Å². The van der Waals surface area contributed by atoms with Crippen LogP contribution in [-0.2, 0) is 6.42 Å². The van der Waals surface area contributed by atoms with E-state index < -0.39 is 0 Å². The van der Waals surface area contributed by atoms with Crippen molar-refractivity contribution in [2.45, 2.75) is 6.42 Å². The minimum absolute atomic E-state index is 0.693. The van der Waals surface area contributed by atoms with Crippen LogP contribution in [0.3, 0.4) is 0 Å². The van der Waals surface area contributed by atoms with Gasteiger partial charge in [0.25, 0.3) is 0 Å². The lowest BCUT2D eigenvalue weighted by Gasteiger charge is -2.05. The van der Waals surface area contributed by atoms with Gasteiger partial charge in [0.05, 0.1) is 18.3 Å². The smallest absolute Gasteiger partial charge is 0.122 e. The predicted molar refractivity (Wildman–Crippen MR) is 76.3 cm³/mol. The first-order chi connectivity index (χ1) is 9.28. The zero-order valence-electron chi connectivity index (χ0n) is 10.7. The number of hydrogen-bond donors (Lipinski definition) is 2. The monoisotopic (exact) mass is 253 g/mol. The van der Waals surface area contributed by atoms with Crippen molar-refractivity contribution in [3.8, 4) is 5.75 Å². The summed E-state index contributed by atoms with van der Waals surface area (Å²) in [6.07, 6.45) is 0.693. The molecule has 1 heterocycles. The average molecular weight is 253 g/mol. The van der Waals surface area contributed by atoms with E-state index in [0.29, 0.717) is 12.1 Å². The average Bonchev–Trinajstić information content (AvgIpc) is 2.83. The Bertz CT molecular complexity index is 718. The van der Waals surface area contributed by atoms with Gasteiger partial charge < -0.3 is 15.5 Å². The largest absolute Gasteiger partial charge is 0.496 e. The van der Waals surface area contributed by atoms with Gasteiger partial charge >= 0.3 is 0 Å². The van der Waals surface area contributed by atoms with Gasteiger partial charge in [-0.05, 0) is 18.2 Å². The summed E-state index contributed by atoms with van der Waals surface area (Å²) < 4.78 is 5.35. The van der Waals surface area contributed by atoms with Gasteiger partial charge in [-0.15, -0.1) is 0 Å². The lowest BCUT2D eigenvalue weighted by molar-refractivity contribution is 0.410. The van der Waals surface area contributed by atoms with Crippen molar-refractivity contribution in [2.24, 2.45) is 0 Å². The molecule has 0 saturated carbocycles. The number of nitrogens with zero attached hydrogens (tertiary/aromatic N) is 1. The van der Waals surface area contributed by atoms with Gasteiger partial charge in [-0.25, -0.2) is 4.98 Å². The fraction of sp³-hybridized carbons (Fsp3) is 0.133. The number of aromatic amines is 1. The van der Waals surface area contributed by atoms with Gasteiger partial charge in [0, 0.05) is 12.0 Å². The first-order valence-electron chi connectivity index (χ1n) is 6.13. The molecule has 0 radical (unpaired) electrons. The summed E-state index contributed by atoms with van der Waals surface area (Å²) in [4.78, 5) is 7.84. The fourth-order valence-electron chi connectivity index (χ4n) is 2.22. The van der Waals surface area contributed by atoms with Crippen molar-refractivity contribution < 1.29 is 4.74 Å². The third kappa shape index (κ3) is 2.12. The third-order valence-electron chi connectivity index (χ3n) is 3.14. The Hall–Kier alpha value is -2.49. The Morgan fingerprint density at radius 1 is 1.16 bits per heavy atom. The molecular formula is C15H15N3O. The molecule has 4 heteroatoms. The molecule has 0 bridgehead atoms. The number of hydrogen-bond acceptors (Lipinski definition) is 3. The maximum absolute atomic E-state index is 5.91. The molecule has 3 rings (SSSR count). The zero-order valence-corrected chi connectivity index (χ0v) is 10.7. The fourth-order valence-corrected chi connectivity index (χ4v) is 2.22. The Kier molecular flexibility index (Phi) is 2.83. The number of methoxy groups -OCH3 is 1. The molecule has 0 unspecified atom stereocenters. The molecule has 3 N–H and O–H groups in total. The summed E-state index contributed by atoms with van der Waals surface area (Å²) in [5, 5.41) is 0. The van der Waals surface area contributed by atoms with Crippen LogP contribution in [-0.4, -0.2) is 17.1 Å². The maximum atomic E-state index is 5.91. The Labute approximate surface area is 111 Å². The van der Waals surface area contributed by atoms with E-state index in [0.717, 1.165) is 28.2 Å². The maximum Gasteiger partial charge on any atom is 0.122 e. The predicted octanol–water partition coefficient (Wildman–Crippen LogP) is 2.74. The number of nitrogens with one attached hydrogen (secondary N) is 1. The summed E-state index contributed by atoms with van der Waals surface area (Å²) in [5.41, 5.74) is 9.50. The molecule has 4 nitrogen and oxygen atoms in total. The van der Waals surface area contributed by atoms with E-state index in [1.807, 2.05) is 42.5 Å². The summed E-state index contributed by atoms with van der Waals surface area (Å²) >= 11 is 0. The molecule has 2 aromatic carbocycles. The van der Waals surface area contributed by atoms with Gasteiger partial charge in [-0.2, -0.15) is 0 Å². The molecule has 0 aliphatic rings. The number of benzene rings is 2. The molecule has 0 saturated heterocycles. The number of ether oxygens (including phenoxy) is 1. The molecule has 19 heavy (non-hydrogen) atoms. The van der Waals surface area contributed by atoms with Crippen LogP contribution < -0.4 is 10.5 Å². The van der Waals surface area contributed by atoms with Gasteiger partial charge in [-0.3, -0.25) is 0 Å². The van der Waals surface area contributed by atoms with Crippen molar-refractivity contribution in [1.29, 1.82) is 0 Å². The molecule has 0 spiro atoms. The molecule has 96 valence electrons. The van der Waals surface area contributed by atoms with Crippen molar-refractivity contribution >= 4 is 16.7 Å². The lowest BCUT2D eigenvalue weighted by Crippen LogP contribution is -1.95. The van der Waals surface area contributed by atoms with Crippen molar-refractivity contribution in [2.75, 3.05) is 12.8 Å². The quantitative estimate of drug-likeness (QED) is 0.705. The van der Waals surface area contributed by atoms with Crippen LogP contribution in [0.25, 0.3) is 11.0 Å². The second-order valence-corrected chi connectivity index (χ2v) is 4.42. The van der Waals surface area contributed by atoms with Gasteiger partial charge in [0.1, 0.15) is 17.1 Å². The van der Waals surface area contributed by atoms with Gasteiger partial charge in [0.2, 0.25) is 0 Å². The second kappa shape index (κ2) is 4.65. The summed E-state index contributed by atoms with van der Waals surface area (Å²) in [7, 11) is 1.68. The van der Waals surface area contributed by atoms with Gasteiger partial charge in [-0.1, -0.05) is 24.3 Å². The van der Waals surface area contributed by atoms with Crippen molar-refractivity contribution in [3.63, 3.8) is 0 Å².